The van der Waals surface area contributed by atoms with Gasteiger partial charge >= 0.3 is 5.51 Å². The second-order valence-electron chi connectivity index (χ2n) is 3.17. The van der Waals surface area contributed by atoms with Crippen LogP contribution in [0, 0.1) is 0 Å². The van der Waals surface area contributed by atoms with Gasteiger partial charge < -0.3 is 4.42 Å². The second kappa shape index (κ2) is 4.78. The van der Waals surface area contributed by atoms with Crippen molar-refractivity contribution in [3.8, 4) is 11.3 Å². The molecule has 1 nitrogen and oxygen atoms in total. The lowest BCUT2D eigenvalue weighted by atomic mass is 10.2. The molecule has 0 N–H and O–H groups in total. The average Bonchev–Trinajstić information content (AvgIpc) is 2.68. The summed E-state index contributed by atoms with van der Waals surface area (Å²) >= 11 is 3.10. The largest absolute Gasteiger partial charge is 0.464 e. The minimum atomic E-state index is -4.27. The van der Waals surface area contributed by atoms with E-state index in [0.717, 1.165) is 5.56 Å². The summed E-state index contributed by atoms with van der Waals surface area (Å²) < 4.78 is 42.3. The van der Waals surface area contributed by atoms with E-state index in [1.165, 1.54) is 18.4 Å². The monoisotopic (exact) mass is 322 g/mol. The highest BCUT2D eigenvalue weighted by atomic mass is 79.9. The van der Waals surface area contributed by atoms with Crippen LogP contribution >= 0.6 is 27.7 Å². The molecule has 0 saturated heterocycles. The van der Waals surface area contributed by atoms with Gasteiger partial charge in [-0.2, -0.15) is 13.2 Å². The Morgan fingerprint density at radius 1 is 1.18 bits per heavy atom. The molecule has 0 aliphatic heterocycles. The van der Waals surface area contributed by atoms with Crippen LogP contribution in [0.3, 0.4) is 0 Å². The molecule has 0 unspecified atom stereocenters. The smallest absolute Gasteiger partial charge is 0.446 e. The minimum absolute atomic E-state index is 0.139. The molecule has 0 spiro atoms. The summed E-state index contributed by atoms with van der Waals surface area (Å²) in [7, 11) is 0. The second-order valence-corrected chi connectivity index (χ2v) is 5.16. The third kappa shape index (κ3) is 3.29. The normalized spacial score (nSPS) is 11.8. The minimum Gasteiger partial charge on any atom is -0.464 e. The molecule has 0 saturated carbocycles. The van der Waals surface area contributed by atoms with E-state index in [9.17, 15) is 13.2 Å². The van der Waals surface area contributed by atoms with Crippen LogP contribution in [0.5, 0.6) is 0 Å². The molecule has 0 fully saturated rings. The maximum atomic E-state index is 12.2. The summed E-state index contributed by atoms with van der Waals surface area (Å²) in [5.41, 5.74) is -3.55. The Hall–Kier alpha value is -0.880. The van der Waals surface area contributed by atoms with E-state index in [1.807, 2.05) is 0 Å². The van der Waals surface area contributed by atoms with Crippen LogP contribution in [-0.2, 0) is 0 Å². The fraction of sp³-hybridized carbons (Fsp3) is 0.0909. The number of halogens is 4. The van der Waals surface area contributed by atoms with Gasteiger partial charge in [0.25, 0.3) is 0 Å². The summed E-state index contributed by atoms with van der Waals surface area (Å²) in [6, 6.07) is 7.91. The maximum Gasteiger partial charge on any atom is 0.446 e. The molecule has 90 valence electrons. The van der Waals surface area contributed by atoms with Gasteiger partial charge in [0.2, 0.25) is 0 Å². The Morgan fingerprint density at radius 2 is 1.94 bits per heavy atom. The summed E-state index contributed by atoms with van der Waals surface area (Å²) in [6.07, 6.45) is 1.51. The highest BCUT2D eigenvalue weighted by Gasteiger charge is 2.29. The molecule has 0 bridgehead atoms. The summed E-state index contributed by atoms with van der Waals surface area (Å²) in [4.78, 5) is 0.139. The molecule has 2 rings (SSSR count). The van der Waals surface area contributed by atoms with Crippen LogP contribution in [0.1, 0.15) is 0 Å². The van der Waals surface area contributed by atoms with Gasteiger partial charge in [0.05, 0.1) is 6.26 Å². The van der Waals surface area contributed by atoms with Gasteiger partial charge in [0.15, 0.2) is 0 Å². The Morgan fingerprint density at radius 3 is 2.47 bits per heavy atom. The van der Waals surface area contributed by atoms with Crippen molar-refractivity contribution in [1.29, 1.82) is 0 Å². The van der Waals surface area contributed by atoms with E-state index in [-0.39, 0.29) is 16.7 Å². The quantitative estimate of drug-likeness (QED) is 0.694. The molecule has 17 heavy (non-hydrogen) atoms. The SMILES string of the molecule is FC(F)(F)Sc1ccc(-c2ccco2)c(Br)c1. The predicted molar refractivity (Wildman–Crippen MR) is 63.8 cm³/mol. The number of alkyl halides is 3. The molecule has 0 amide bonds. The Labute approximate surface area is 108 Å². The van der Waals surface area contributed by atoms with E-state index in [0.29, 0.717) is 10.2 Å². The highest BCUT2D eigenvalue weighted by molar-refractivity contribution is 9.10. The predicted octanol–water partition coefficient (Wildman–Crippen LogP) is 5.32. The number of furan rings is 1. The van der Waals surface area contributed by atoms with Crippen molar-refractivity contribution in [3.05, 3.63) is 41.1 Å². The number of hydrogen-bond donors (Lipinski definition) is 0. The van der Waals surface area contributed by atoms with Crippen LogP contribution in [0.15, 0.2) is 50.4 Å². The maximum absolute atomic E-state index is 12.2. The zero-order valence-electron chi connectivity index (χ0n) is 8.29. The first kappa shape index (κ1) is 12.6. The third-order valence-electron chi connectivity index (χ3n) is 1.96. The molecule has 1 heterocycles. The fourth-order valence-electron chi connectivity index (χ4n) is 1.32. The van der Waals surface area contributed by atoms with Gasteiger partial charge in [-0.05, 0) is 58.0 Å². The molecular formula is C11H6BrF3OS. The molecule has 0 radical (unpaired) electrons. The first-order valence-electron chi connectivity index (χ1n) is 4.55. The summed E-state index contributed by atoms with van der Waals surface area (Å²) in [6.45, 7) is 0. The van der Waals surface area contributed by atoms with Crippen molar-refractivity contribution in [2.45, 2.75) is 10.4 Å². The Balaban J connectivity index is 2.30. The summed E-state index contributed by atoms with van der Waals surface area (Å²) in [5.74, 6) is 0.612. The van der Waals surface area contributed by atoms with E-state index >= 15 is 0 Å². The van der Waals surface area contributed by atoms with Crippen LogP contribution in [0.4, 0.5) is 13.2 Å². The zero-order valence-corrected chi connectivity index (χ0v) is 10.7. The van der Waals surface area contributed by atoms with Gasteiger partial charge in [-0.15, -0.1) is 0 Å². The Kier molecular flexibility index (Phi) is 3.53. The average molecular weight is 323 g/mol. The number of benzene rings is 1. The number of rotatable bonds is 2. The van der Waals surface area contributed by atoms with Crippen molar-refractivity contribution >= 4 is 27.7 Å². The number of hydrogen-bond acceptors (Lipinski definition) is 2. The van der Waals surface area contributed by atoms with E-state index in [2.05, 4.69) is 15.9 Å². The van der Waals surface area contributed by atoms with E-state index < -0.39 is 5.51 Å². The molecule has 1 aromatic heterocycles. The fourth-order valence-corrected chi connectivity index (χ4v) is 2.63. The van der Waals surface area contributed by atoms with Gasteiger partial charge in [-0.3, -0.25) is 0 Å². The first-order valence-corrected chi connectivity index (χ1v) is 6.16. The molecule has 0 atom stereocenters. The van der Waals surface area contributed by atoms with Crippen LogP contribution in [-0.4, -0.2) is 5.51 Å². The van der Waals surface area contributed by atoms with Gasteiger partial charge in [-0.1, -0.05) is 0 Å². The van der Waals surface area contributed by atoms with Crippen molar-refractivity contribution in [2.75, 3.05) is 0 Å². The molecule has 6 heteroatoms. The molecule has 1 aromatic carbocycles. The van der Waals surface area contributed by atoms with Crippen molar-refractivity contribution < 1.29 is 17.6 Å². The van der Waals surface area contributed by atoms with Crippen LogP contribution < -0.4 is 0 Å². The van der Waals surface area contributed by atoms with E-state index in [4.69, 9.17) is 4.42 Å². The lowest BCUT2D eigenvalue weighted by Gasteiger charge is -2.07. The van der Waals surface area contributed by atoms with Crippen molar-refractivity contribution in [3.63, 3.8) is 0 Å². The third-order valence-corrected chi connectivity index (χ3v) is 3.34. The Bertz CT molecular complexity index is 508. The van der Waals surface area contributed by atoms with Crippen LogP contribution in [0.25, 0.3) is 11.3 Å². The molecule has 0 aliphatic carbocycles. The zero-order chi connectivity index (χ0) is 12.5. The first-order chi connectivity index (χ1) is 7.96. The van der Waals surface area contributed by atoms with Crippen molar-refractivity contribution in [2.24, 2.45) is 0 Å². The van der Waals surface area contributed by atoms with Gasteiger partial charge in [0, 0.05) is 14.9 Å². The number of thioether (sulfide) groups is 1. The standard InChI is InChI=1S/C11H6BrF3OS/c12-9-6-7(17-11(13,14)15)3-4-8(9)10-2-1-5-16-10/h1-6H. The van der Waals surface area contributed by atoms with Crippen molar-refractivity contribution in [1.82, 2.24) is 0 Å². The molecular weight excluding hydrogens is 317 g/mol. The lowest BCUT2D eigenvalue weighted by Crippen LogP contribution is -1.98. The topological polar surface area (TPSA) is 13.1 Å². The highest BCUT2D eigenvalue weighted by Crippen LogP contribution is 2.39. The van der Waals surface area contributed by atoms with Gasteiger partial charge in [-0.25, -0.2) is 0 Å². The summed E-state index contributed by atoms with van der Waals surface area (Å²) in [5, 5.41) is 0. The lowest BCUT2D eigenvalue weighted by molar-refractivity contribution is -0.0328. The van der Waals surface area contributed by atoms with Crippen LogP contribution in [0.2, 0.25) is 0 Å². The van der Waals surface area contributed by atoms with E-state index in [1.54, 1.807) is 18.2 Å². The molecule has 2 aromatic rings. The molecule has 0 aliphatic rings. The van der Waals surface area contributed by atoms with Gasteiger partial charge in [0.1, 0.15) is 5.76 Å².